The molecule has 0 radical (unpaired) electrons. The second-order valence-electron chi connectivity index (χ2n) is 6.68. The molecule has 1 fully saturated rings. The highest BCUT2D eigenvalue weighted by atomic mass is 16.5. The molecule has 7 nitrogen and oxygen atoms in total. The molecular weight excluding hydrogens is 356 g/mol. The van der Waals surface area contributed by atoms with Gasteiger partial charge < -0.3 is 15.0 Å². The molecule has 3 amide bonds. The fourth-order valence-electron chi connectivity index (χ4n) is 3.16. The molecule has 2 aromatic carbocycles. The summed E-state index contributed by atoms with van der Waals surface area (Å²) in [5.41, 5.74) is 2.10. The van der Waals surface area contributed by atoms with Crippen LogP contribution in [0, 0.1) is 0 Å². The average Bonchev–Trinajstić information content (AvgIpc) is 2.73. The van der Waals surface area contributed by atoms with E-state index >= 15 is 0 Å². The van der Waals surface area contributed by atoms with Crippen LogP contribution in [0.2, 0.25) is 0 Å². The van der Waals surface area contributed by atoms with E-state index in [0.29, 0.717) is 6.54 Å². The largest absolute Gasteiger partial charge is 0.497 e. The van der Waals surface area contributed by atoms with Gasteiger partial charge in [-0.3, -0.25) is 15.0 Å². The van der Waals surface area contributed by atoms with Gasteiger partial charge in [-0.15, -0.1) is 0 Å². The Hall–Kier alpha value is -3.06. The van der Waals surface area contributed by atoms with Crippen molar-refractivity contribution < 1.29 is 14.3 Å². The lowest BCUT2D eigenvalue weighted by molar-refractivity contribution is -0.121. The molecule has 1 aliphatic rings. The minimum Gasteiger partial charge on any atom is -0.497 e. The van der Waals surface area contributed by atoms with E-state index in [9.17, 15) is 9.59 Å². The van der Waals surface area contributed by atoms with Gasteiger partial charge in [-0.25, -0.2) is 4.79 Å². The number of amides is 3. The van der Waals surface area contributed by atoms with Gasteiger partial charge in [0, 0.05) is 44.5 Å². The summed E-state index contributed by atoms with van der Waals surface area (Å²) in [7, 11) is 1.66. The number of benzene rings is 2. The first-order valence-electron chi connectivity index (χ1n) is 9.37. The third-order valence-corrected chi connectivity index (χ3v) is 4.71. The van der Waals surface area contributed by atoms with Crippen LogP contribution >= 0.6 is 0 Å². The van der Waals surface area contributed by atoms with Crippen molar-refractivity contribution in [1.29, 1.82) is 0 Å². The molecule has 0 bridgehead atoms. The number of hydrogen-bond donors (Lipinski definition) is 2. The van der Waals surface area contributed by atoms with Crippen LogP contribution in [0.5, 0.6) is 5.75 Å². The van der Waals surface area contributed by atoms with Crippen molar-refractivity contribution in [3.63, 3.8) is 0 Å². The summed E-state index contributed by atoms with van der Waals surface area (Å²) in [5.74, 6) is 0.543. The Labute approximate surface area is 165 Å². The van der Waals surface area contributed by atoms with Gasteiger partial charge in [0.1, 0.15) is 5.75 Å². The Morgan fingerprint density at radius 3 is 2.46 bits per heavy atom. The molecule has 2 aromatic rings. The second kappa shape index (κ2) is 9.75. The molecule has 28 heavy (non-hydrogen) atoms. The van der Waals surface area contributed by atoms with Crippen molar-refractivity contribution in [1.82, 2.24) is 15.5 Å². The van der Waals surface area contributed by atoms with Crippen LogP contribution in [0.15, 0.2) is 54.6 Å². The number of nitrogens with one attached hydrogen (secondary N) is 2. The Morgan fingerprint density at radius 1 is 1.00 bits per heavy atom. The van der Waals surface area contributed by atoms with Crippen LogP contribution in [0.25, 0.3) is 0 Å². The molecule has 1 heterocycles. The molecular formula is C21H26N4O3. The van der Waals surface area contributed by atoms with E-state index < -0.39 is 6.03 Å². The average molecular weight is 382 g/mol. The smallest absolute Gasteiger partial charge is 0.321 e. The first kappa shape index (κ1) is 19.7. The number of nitrogens with zero attached hydrogens (tertiary/aromatic N) is 2. The van der Waals surface area contributed by atoms with Crippen molar-refractivity contribution in [2.45, 2.75) is 6.54 Å². The van der Waals surface area contributed by atoms with Crippen LogP contribution in [0.1, 0.15) is 5.56 Å². The molecule has 1 saturated heterocycles. The fraction of sp³-hybridized carbons (Fsp3) is 0.333. The number of ether oxygens (including phenoxy) is 1. The zero-order valence-corrected chi connectivity index (χ0v) is 16.1. The molecule has 0 saturated carbocycles. The van der Waals surface area contributed by atoms with E-state index in [2.05, 4.69) is 26.5 Å². The van der Waals surface area contributed by atoms with E-state index in [4.69, 9.17) is 4.74 Å². The van der Waals surface area contributed by atoms with Crippen LogP contribution in [0.3, 0.4) is 0 Å². The summed E-state index contributed by atoms with van der Waals surface area (Å²) in [5, 5.41) is 5.09. The van der Waals surface area contributed by atoms with Gasteiger partial charge in [0.05, 0.1) is 13.7 Å². The lowest BCUT2D eigenvalue weighted by Crippen LogP contribution is -2.51. The maximum absolute atomic E-state index is 12.1. The van der Waals surface area contributed by atoms with Gasteiger partial charge in [-0.2, -0.15) is 0 Å². The molecule has 0 aromatic heterocycles. The third-order valence-electron chi connectivity index (χ3n) is 4.71. The normalized spacial score (nSPS) is 14.4. The first-order valence-corrected chi connectivity index (χ1v) is 9.37. The van der Waals surface area contributed by atoms with Crippen LogP contribution in [-0.4, -0.2) is 56.7 Å². The van der Waals surface area contributed by atoms with Gasteiger partial charge in [-0.05, 0) is 17.7 Å². The number of carbonyl (C=O) groups is 2. The molecule has 1 aliphatic heterocycles. The predicted octanol–water partition coefficient (Wildman–Crippen LogP) is 1.84. The topological polar surface area (TPSA) is 73.9 Å². The Morgan fingerprint density at radius 2 is 1.75 bits per heavy atom. The number of urea groups is 1. The summed E-state index contributed by atoms with van der Waals surface area (Å²) in [6.45, 7) is 3.76. The Kier molecular flexibility index (Phi) is 6.86. The summed E-state index contributed by atoms with van der Waals surface area (Å²) >= 11 is 0. The first-order chi connectivity index (χ1) is 13.6. The number of methoxy groups -OCH3 is 1. The lowest BCUT2D eigenvalue weighted by Gasteiger charge is -2.35. The third kappa shape index (κ3) is 5.72. The van der Waals surface area contributed by atoms with Crippen LogP contribution in [-0.2, 0) is 11.3 Å². The van der Waals surface area contributed by atoms with Crippen molar-refractivity contribution in [3.8, 4) is 5.75 Å². The molecule has 0 unspecified atom stereocenters. The maximum atomic E-state index is 12.1. The van der Waals surface area contributed by atoms with Crippen LogP contribution < -0.4 is 20.3 Å². The standard InChI is InChI=1S/C21H26N4O3/c1-28-19-9-5-8-18(14-19)25-12-10-24(11-13-25)16-20(26)23-21(27)22-15-17-6-3-2-4-7-17/h2-9,14H,10-13,15-16H2,1H3,(H2,22,23,26,27). The monoisotopic (exact) mass is 382 g/mol. The molecule has 0 aliphatic carbocycles. The molecule has 2 N–H and O–H groups in total. The van der Waals surface area contributed by atoms with Gasteiger partial charge in [-0.1, -0.05) is 36.4 Å². The van der Waals surface area contributed by atoms with Crippen molar-refractivity contribution >= 4 is 17.6 Å². The predicted molar refractivity (Wildman–Crippen MR) is 108 cm³/mol. The zero-order chi connectivity index (χ0) is 19.8. The van der Waals surface area contributed by atoms with Gasteiger partial charge in [0.25, 0.3) is 0 Å². The highest BCUT2D eigenvalue weighted by Crippen LogP contribution is 2.21. The highest BCUT2D eigenvalue weighted by molar-refractivity contribution is 5.95. The fourth-order valence-corrected chi connectivity index (χ4v) is 3.16. The van der Waals surface area contributed by atoms with Crippen molar-refractivity contribution in [2.24, 2.45) is 0 Å². The summed E-state index contributed by atoms with van der Waals surface area (Å²) in [6, 6.07) is 17.1. The Balaban J connectivity index is 1.39. The molecule has 3 rings (SSSR count). The van der Waals surface area contributed by atoms with Gasteiger partial charge in [0.15, 0.2) is 0 Å². The van der Waals surface area contributed by atoms with Gasteiger partial charge in [0.2, 0.25) is 5.91 Å². The minimum absolute atomic E-state index is 0.213. The number of imide groups is 1. The van der Waals surface area contributed by atoms with Crippen molar-refractivity contribution in [2.75, 3.05) is 44.7 Å². The number of carbonyl (C=O) groups excluding carboxylic acids is 2. The quantitative estimate of drug-likeness (QED) is 0.798. The molecule has 148 valence electrons. The molecule has 7 heteroatoms. The summed E-state index contributed by atoms with van der Waals surface area (Å²) in [6.07, 6.45) is 0. The van der Waals surface area contributed by atoms with Gasteiger partial charge >= 0.3 is 6.03 Å². The molecule has 0 atom stereocenters. The number of hydrogen-bond acceptors (Lipinski definition) is 5. The van der Waals surface area contributed by atoms with E-state index in [1.807, 2.05) is 48.5 Å². The zero-order valence-electron chi connectivity index (χ0n) is 16.1. The Bertz CT molecular complexity index is 789. The summed E-state index contributed by atoms with van der Waals surface area (Å²) in [4.78, 5) is 28.3. The SMILES string of the molecule is COc1cccc(N2CCN(CC(=O)NC(=O)NCc3ccccc3)CC2)c1. The number of anilines is 1. The summed E-state index contributed by atoms with van der Waals surface area (Å²) < 4.78 is 5.28. The van der Waals surface area contributed by atoms with E-state index in [-0.39, 0.29) is 12.5 Å². The lowest BCUT2D eigenvalue weighted by atomic mass is 10.2. The second-order valence-corrected chi connectivity index (χ2v) is 6.68. The van der Waals surface area contributed by atoms with Crippen LogP contribution in [0.4, 0.5) is 10.5 Å². The van der Waals surface area contributed by atoms with Crippen molar-refractivity contribution in [3.05, 3.63) is 60.2 Å². The number of piperazine rings is 1. The van der Waals surface area contributed by atoms with E-state index in [1.165, 1.54) is 0 Å². The van der Waals surface area contributed by atoms with E-state index in [1.54, 1.807) is 7.11 Å². The maximum Gasteiger partial charge on any atom is 0.321 e. The number of rotatable bonds is 6. The van der Waals surface area contributed by atoms with E-state index in [0.717, 1.165) is 43.2 Å². The minimum atomic E-state index is -0.469. The molecule has 0 spiro atoms. The highest BCUT2D eigenvalue weighted by Gasteiger charge is 2.20.